The van der Waals surface area contributed by atoms with Crippen molar-refractivity contribution in [1.29, 1.82) is 0 Å². The fraction of sp³-hybridized carbons (Fsp3) is 0.286. The zero-order chi connectivity index (χ0) is 13.1. The molecule has 0 saturated heterocycles. The molecule has 94 valence electrons. The van der Waals surface area contributed by atoms with Crippen LogP contribution in [0.5, 0.6) is 0 Å². The number of carbonyl (C=O) groups is 1. The van der Waals surface area contributed by atoms with E-state index in [2.05, 4.69) is 17.2 Å². The average Bonchev–Trinajstić information content (AvgIpc) is 2.78. The van der Waals surface area contributed by atoms with Gasteiger partial charge in [0.25, 0.3) is 5.91 Å². The van der Waals surface area contributed by atoms with Crippen LogP contribution in [0.15, 0.2) is 23.6 Å². The number of hydrogen-bond donors (Lipinski definition) is 1. The number of aryl methyl sites for hydroxylation is 3. The summed E-state index contributed by atoms with van der Waals surface area (Å²) in [5.41, 5.74) is 3.63. The normalized spacial score (nSPS) is 10.4. The Balaban J connectivity index is 2.26. The lowest BCUT2D eigenvalue weighted by Gasteiger charge is -2.11. The molecule has 1 amide bonds. The monoisotopic (exact) mass is 260 g/mol. The van der Waals surface area contributed by atoms with E-state index in [-0.39, 0.29) is 5.91 Å². The minimum atomic E-state index is -0.136. The molecule has 0 aliphatic carbocycles. The first-order valence-corrected chi connectivity index (χ1v) is 6.81. The number of benzene rings is 1. The molecule has 0 unspecified atom stereocenters. The molecule has 2 rings (SSSR count). The summed E-state index contributed by atoms with van der Waals surface area (Å²) in [6, 6.07) is 6.05. The highest BCUT2D eigenvalue weighted by atomic mass is 32.1. The van der Waals surface area contributed by atoms with Crippen molar-refractivity contribution in [3.05, 3.63) is 45.4 Å². The number of amides is 1. The summed E-state index contributed by atoms with van der Waals surface area (Å²) in [4.78, 5) is 16.3. The van der Waals surface area contributed by atoms with Gasteiger partial charge in [-0.3, -0.25) is 4.79 Å². The van der Waals surface area contributed by atoms with E-state index in [1.54, 1.807) is 5.38 Å². The molecule has 18 heavy (non-hydrogen) atoms. The van der Waals surface area contributed by atoms with Crippen LogP contribution in [0.1, 0.15) is 33.5 Å². The molecule has 0 radical (unpaired) electrons. The highest BCUT2D eigenvalue weighted by molar-refractivity contribution is 7.09. The SMILES string of the molecule is CCc1cccc(C)c1NC(=O)c1csc(C)n1. The van der Waals surface area contributed by atoms with Gasteiger partial charge in [0.1, 0.15) is 5.69 Å². The summed E-state index contributed by atoms with van der Waals surface area (Å²) >= 11 is 1.49. The van der Waals surface area contributed by atoms with Gasteiger partial charge in [0.2, 0.25) is 0 Å². The molecule has 0 spiro atoms. The third kappa shape index (κ3) is 2.59. The molecule has 0 saturated carbocycles. The van der Waals surface area contributed by atoms with Crippen molar-refractivity contribution in [2.45, 2.75) is 27.2 Å². The third-order valence-electron chi connectivity index (χ3n) is 2.83. The Morgan fingerprint density at radius 3 is 2.78 bits per heavy atom. The van der Waals surface area contributed by atoms with Gasteiger partial charge in [-0.15, -0.1) is 11.3 Å². The van der Waals surface area contributed by atoms with E-state index in [9.17, 15) is 4.79 Å². The van der Waals surface area contributed by atoms with E-state index in [0.717, 1.165) is 28.2 Å². The van der Waals surface area contributed by atoms with Gasteiger partial charge in [-0.05, 0) is 31.4 Å². The smallest absolute Gasteiger partial charge is 0.275 e. The van der Waals surface area contributed by atoms with Crippen LogP contribution in [0.3, 0.4) is 0 Å². The Bertz CT molecular complexity index is 575. The van der Waals surface area contributed by atoms with Crippen LogP contribution >= 0.6 is 11.3 Å². The van der Waals surface area contributed by atoms with Gasteiger partial charge in [0.15, 0.2) is 0 Å². The Morgan fingerprint density at radius 2 is 2.17 bits per heavy atom. The predicted octanol–water partition coefficient (Wildman–Crippen LogP) is 3.57. The summed E-state index contributed by atoms with van der Waals surface area (Å²) in [7, 11) is 0. The minimum absolute atomic E-state index is 0.136. The Morgan fingerprint density at radius 1 is 1.39 bits per heavy atom. The Labute approximate surface area is 111 Å². The van der Waals surface area contributed by atoms with E-state index < -0.39 is 0 Å². The van der Waals surface area contributed by atoms with Crippen LogP contribution in [-0.4, -0.2) is 10.9 Å². The molecule has 0 aliphatic rings. The van der Waals surface area contributed by atoms with Gasteiger partial charge in [-0.25, -0.2) is 4.98 Å². The lowest BCUT2D eigenvalue weighted by atomic mass is 10.1. The summed E-state index contributed by atoms with van der Waals surface area (Å²) in [5.74, 6) is -0.136. The first kappa shape index (κ1) is 12.8. The fourth-order valence-electron chi connectivity index (χ4n) is 1.85. The van der Waals surface area contributed by atoms with E-state index >= 15 is 0 Å². The van der Waals surface area contributed by atoms with Crippen LogP contribution in [0, 0.1) is 13.8 Å². The van der Waals surface area contributed by atoms with E-state index in [0.29, 0.717) is 5.69 Å². The largest absolute Gasteiger partial charge is 0.320 e. The van der Waals surface area contributed by atoms with Gasteiger partial charge in [-0.1, -0.05) is 25.1 Å². The quantitative estimate of drug-likeness (QED) is 0.916. The molecule has 1 N–H and O–H groups in total. The van der Waals surface area contributed by atoms with Crippen molar-refractivity contribution in [2.75, 3.05) is 5.32 Å². The van der Waals surface area contributed by atoms with Gasteiger partial charge in [0, 0.05) is 11.1 Å². The van der Waals surface area contributed by atoms with Crippen LogP contribution in [0.2, 0.25) is 0 Å². The number of nitrogens with one attached hydrogen (secondary N) is 1. The maximum atomic E-state index is 12.1. The lowest BCUT2D eigenvalue weighted by Crippen LogP contribution is -2.14. The first-order valence-electron chi connectivity index (χ1n) is 5.93. The number of aromatic nitrogens is 1. The average molecular weight is 260 g/mol. The number of rotatable bonds is 3. The molecule has 0 fully saturated rings. The summed E-state index contributed by atoms with van der Waals surface area (Å²) in [6.07, 6.45) is 0.896. The van der Waals surface area contributed by atoms with Gasteiger partial charge in [0.05, 0.1) is 5.01 Å². The molecule has 1 aromatic carbocycles. The second-order valence-corrected chi connectivity index (χ2v) is 5.23. The van der Waals surface area contributed by atoms with Crippen molar-refractivity contribution < 1.29 is 4.79 Å². The van der Waals surface area contributed by atoms with Gasteiger partial charge < -0.3 is 5.32 Å². The highest BCUT2D eigenvalue weighted by Gasteiger charge is 2.12. The molecule has 1 aromatic heterocycles. The highest BCUT2D eigenvalue weighted by Crippen LogP contribution is 2.22. The lowest BCUT2D eigenvalue weighted by molar-refractivity contribution is 0.102. The summed E-state index contributed by atoms with van der Waals surface area (Å²) in [6.45, 7) is 5.98. The molecular formula is C14H16N2OS. The van der Waals surface area contributed by atoms with Gasteiger partial charge in [-0.2, -0.15) is 0 Å². The molecule has 3 nitrogen and oxygen atoms in total. The van der Waals surface area contributed by atoms with E-state index in [4.69, 9.17) is 0 Å². The molecule has 0 aliphatic heterocycles. The second kappa shape index (κ2) is 5.31. The molecule has 0 atom stereocenters. The van der Waals surface area contributed by atoms with E-state index in [1.807, 2.05) is 32.0 Å². The molecule has 2 aromatic rings. The zero-order valence-corrected chi connectivity index (χ0v) is 11.6. The van der Waals surface area contributed by atoms with Crippen molar-refractivity contribution >= 4 is 22.9 Å². The Kier molecular flexibility index (Phi) is 3.77. The van der Waals surface area contributed by atoms with Crippen LogP contribution in [0.4, 0.5) is 5.69 Å². The molecule has 4 heteroatoms. The van der Waals surface area contributed by atoms with Crippen molar-refractivity contribution in [3.63, 3.8) is 0 Å². The fourth-order valence-corrected chi connectivity index (χ4v) is 2.44. The number of carbonyl (C=O) groups excluding carboxylic acids is 1. The molecule has 1 heterocycles. The number of thiazole rings is 1. The minimum Gasteiger partial charge on any atom is -0.320 e. The standard InChI is InChI=1S/C14H16N2OS/c1-4-11-7-5-6-9(2)13(11)16-14(17)12-8-18-10(3)15-12/h5-8H,4H2,1-3H3,(H,16,17). The van der Waals surface area contributed by atoms with E-state index in [1.165, 1.54) is 11.3 Å². The number of nitrogens with zero attached hydrogens (tertiary/aromatic N) is 1. The summed E-state index contributed by atoms with van der Waals surface area (Å²) in [5, 5.41) is 5.65. The van der Waals surface area contributed by atoms with Crippen LogP contribution in [0.25, 0.3) is 0 Å². The molecule has 0 bridgehead atoms. The topological polar surface area (TPSA) is 42.0 Å². The first-order chi connectivity index (χ1) is 8.61. The van der Waals surface area contributed by atoms with Crippen molar-refractivity contribution in [3.8, 4) is 0 Å². The third-order valence-corrected chi connectivity index (χ3v) is 3.60. The number of hydrogen-bond acceptors (Lipinski definition) is 3. The molecular weight excluding hydrogens is 244 g/mol. The summed E-state index contributed by atoms with van der Waals surface area (Å²) < 4.78 is 0. The second-order valence-electron chi connectivity index (χ2n) is 4.17. The number of anilines is 1. The maximum absolute atomic E-state index is 12.1. The van der Waals surface area contributed by atoms with Crippen molar-refractivity contribution in [1.82, 2.24) is 4.98 Å². The van der Waals surface area contributed by atoms with Crippen molar-refractivity contribution in [2.24, 2.45) is 0 Å². The number of para-hydroxylation sites is 1. The zero-order valence-electron chi connectivity index (χ0n) is 10.8. The predicted molar refractivity (Wildman–Crippen MR) is 75.4 cm³/mol. The van der Waals surface area contributed by atoms with Crippen LogP contribution in [-0.2, 0) is 6.42 Å². The Hall–Kier alpha value is -1.68. The van der Waals surface area contributed by atoms with Crippen LogP contribution < -0.4 is 5.32 Å². The maximum Gasteiger partial charge on any atom is 0.275 e. The van der Waals surface area contributed by atoms with Gasteiger partial charge >= 0.3 is 0 Å².